The smallest absolute Gasteiger partial charge is 0.398 e. The fraction of sp³-hybridized carbons (Fsp3) is 0.211. The zero-order chi connectivity index (χ0) is 20.1. The second-order valence-corrected chi connectivity index (χ2v) is 4.30. The number of amides is 1. The van der Waals surface area contributed by atoms with Gasteiger partial charge < -0.3 is 15.9 Å². The lowest BCUT2D eigenvalue weighted by molar-refractivity contribution is 0.100. The minimum atomic E-state index is -0.723. The zero-order valence-corrected chi connectivity index (χ0v) is 15.4. The first-order valence-corrected chi connectivity index (χ1v) is 8.25. The third-order valence-corrected chi connectivity index (χ3v) is 2.80. The molecule has 1 heterocycles. The molecule has 0 fully saturated rings. The Bertz CT molecular complexity index is 929. The second kappa shape index (κ2) is 12.1. The third-order valence-electron chi connectivity index (χ3n) is 2.80. The number of nitrogens with one attached hydrogen (secondary N) is 1. The molecular formula is C19H25N3O4. The van der Waals surface area contributed by atoms with E-state index in [0.29, 0.717) is 22.2 Å². The average Bonchev–Trinajstić information content (AvgIpc) is 2.65. The summed E-state index contributed by atoms with van der Waals surface area (Å²) in [5.74, 6) is -1.21. The molecule has 0 saturated carbocycles. The van der Waals surface area contributed by atoms with E-state index in [2.05, 4.69) is 9.40 Å². The van der Waals surface area contributed by atoms with Gasteiger partial charge in [0.05, 0.1) is 16.5 Å². The van der Waals surface area contributed by atoms with Gasteiger partial charge in [-0.15, -0.1) is 0 Å². The Labute approximate surface area is 151 Å². The molecule has 2 aromatic carbocycles. The van der Waals surface area contributed by atoms with Crippen LogP contribution < -0.4 is 22.8 Å². The molecule has 3 rings (SSSR count). The van der Waals surface area contributed by atoms with E-state index >= 15 is 0 Å². The predicted octanol–water partition coefficient (Wildman–Crippen LogP) is 2.90. The third kappa shape index (κ3) is 6.64. The molecule has 0 aliphatic carbocycles. The van der Waals surface area contributed by atoms with E-state index in [1.807, 2.05) is 27.7 Å². The van der Waals surface area contributed by atoms with Crippen LogP contribution in [0.1, 0.15) is 38.1 Å². The molecule has 0 unspecified atom stereocenters. The van der Waals surface area contributed by atoms with Gasteiger partial charge in [0, 0.05) is 5.69 Å². The van der Waals surface area contributed by atoms with Crippen LogP contribution >= 0.6 is 0 Å². The van der Waals surface area contributed by atoms with Gasteiger partial charge >= 0.3 is 11.4 Å². The number of carbonyl (C=O) groups is 1. The van der Waals surface area contributed by atoms with Crippen molar-refractivity contribution in [3.63, 3.8) is 0 Å². The number of benzene rings is 2. The molecule has 1 amide bonds. The molecule has 1 aromatic heterocycles. The average molecular weight is 359 g/mol. The first kappa shape index (κ1) is 22.6. The highest BCUT2D eigenvalue weighted by atomic mass is 16.4. The van der Waals surface area contributed by atoms with Crippen LogP contribution in [-0.2, 0) is 0 Å². The van der Waals surface area contributed by atoms with Gasteiger partial charge in [-0.2, -0.15) is 0 Å². The van der Waals surface area contributed by atoms with Gasteiger partial charge in [-0.25, -0.2) is 9.59 Å². The number of carbonyl (C=O) groups excluding carboxylic acids is 1. The van der Waals surface area contributed by atoms with Crippen LogP contribution in [0.5, 0.6) is 0 Å². The Morgan fingerprint density at radius 2 is 1.46 bits per heavy atom. The van der Waals surface area contributed by atoms with Crippen LogP contribution in [-0.4, -0.2) is 10.9 Å². The summed E-state index contributed by atoms with van der Waals surface area (Å²) in [6.07, 6.45) is 0. The number of aromatic nitrogens is 1. The number of para-hydroxylation sites is 2. The van der Waals surface area contributed by atoms with Gasteiger partial charge in [0.2, 0.25) is 0 Å². The van der Waals surface area contributed by atoms with Crippen LogP contribution in [0, 0.1) is 0 Å². The first-order chi connectivity index (χ1) is 12.5. The normalized spacial score (nSPS) is 8.77. The van der Waals surface area contributed by atoms with Crippen molar-refractivity contribution in [3.8, 4) is 0 Å². The van der Waals surface area contributed by atoms with Crippen molar-refractivity contribution in [3.05, 3.63) is 75.1 Å². The SMILES string of the molecule is CC.CC.NC(=O)c1ccccc1N.O=c1[nH]c2ccccc2c(=O)o1. The van der Waals surface area contributed by atoms with Crippen molar-refractivity contribution < 1.29 is 9.21 Å². The summed E-state index contributed by atoms with van der Waals surface area (Å²) in [5.41, 5.74) is 11.1. The monoisotopic (exact) mass is 359 g/mol. The fourth-order valence-corrected chi connectivity index (χ4v) is 1.77. The number of anilines is 1. The fourth-order valence-electron chi connectivity index (χ4n) is 1.77. The summed E-state index contributed by atoms with van der Waals surface area (Å²) in [4.78, 5) is 34.7. The molecule has 140 valence electrons. The van der Waals surface area contributed by atoms with Crippen molar-refractivity contribution >= 4 is 22.5 Å². The number of aromatic amines is 1. The molecule has 7 nitrogen and oxygen atoms in total. The molecule has 0 radical (unpaired) electrons. The highest BCUT2D eigenvalue weighted by Crippen LogP contribution is 2.08. The Balaban J connectivity index is 0.000000409. The maximum Gasteiger partial charge on any atom is 0.419 e. The van der Waals surface area contributed by atoms with Gasteiger partial charge in [0.15, 0.2) is 0 Å². The molecule has 5 N–H and O–H groups in total. The number of nitrogen functional groups attached to an aromatic ring is 1. The van der Waals surface area contributed by atoms with Gasteiger partial charge in [-0.05, 0) is 24.3 Å². The van der Waals surface area contributed by atoms with E-state index in [4.69, 9.17) is 11.5 Å². The number of H-pyrrole nitrogens is 1. The Hall–Kier alpha value is -3.35. The minimum absolute atomic E-state index is 0.377. The van der Waals surface area contributed by atoms with E-state index in [-0.39, 0.29) is 0 Å². The van der Waals surface area contributed by atoms with Crippen LogP contribution in [0.3, 0.4) is 0 Å². The van der Waals surface area contributed by atoms with Gasteiger partial charge in [-0.3, -0.25) is 9.78 Å². The molecule has 26 heavy (non-hydrogen) atoms. The molecule has 0 spiro atoms. The number of nitrogens with two attached hydrogens (primary N) is 2. The summed E-state index contributed by atoms with van der Waals surface area (Å²) in [6.45, 7) is 8.00. The predicted molar refractivity (Wildman–Crippen MR) is 105 cm³/mol. The van der Waals surface area contributed by atoms with E-state index in [0.717, 1.165) is 0 Å². The topological polar surface area (TPSA) is 132 Å². The summed E-state index contributed by atoms with van der Waals surface area (Å²) in [7, 11) is 0. The maximum absolute atomic E-state index is 11.0. The van der Waals surface area contributed by atoms with Crippen LogP contribution in [0.2, 0.25) is 0 Å². The molecule has 0 aliphatic heterocycles. The van der Waals surface area contributed by atoms with Gasteiger partial charge in [-0.1, -0.05) is 52.0 Å². The second-order valence-electron chi connectivity index (χ2n) is 4.30. The van der Waals surface area contributed by atoms with E-state index in [1.54, 1.807) is 48.5 Å². The number of hydrogen-bond acceptors (Lipinski definition) is 5. The molecule has 7 heteroatoms. The Morgan fingerprint density at radius 1 is 0.923 bits per heavy atom. The molecule has 3 aromatic rings. The lowest BCUT2D eigenvalue weighted by Gasteiger charge is -1.97. The highest BCUT2D eigenvalue weighted by Gasteiger charge is 2.01. The summed E-state index contributed by atoms with van der Waals surface area (Å²) >= 11 is 0. The molecular weight excluding hydrogens is 334 g/mol. The first-order valence-electron chi connectivity index (χ1n) is 8.25. The van der Waals surface area contributed by atoms with Crippen molar-refractivity contribution in [2.45, 2.75) is 27.7 Å². The van der Waals surface area contributed by atoms with Crippen molar-refractivity contribution in [1.29, 1.82) is 0 Å². The molecule has 0 saturated heterocycles. The number of hydrogen-bond donors (Lipinski definition) is 3. The highest BCUT2D eigenvalue weighted by molar-refractivity contribution is 5.97. The standard InChI is InChI=1S/C8H5NO3.C7H8N2O.2C2H6/c10-7-5-3-1-2-4-6(5)9-8(11)12-7;8-6-4-2-1-3-5(6)7(9)10;2*1-2/h1-4H,(H,9,11);1-4H,8H2,(H2,9,10);2*1-2H3. The molecule has 0 aliphatic rings. The van der Waals surface area contributed by atoms with E-state index < -0.39 is 17.3 Å². The minimum Gasteiger partial charge on any atom is -0.398 e. The van der Waals surface area contributed by atoms with Crippen LogP contribution in [0.4, 0.5) is 5.69 Å². The number of rotatable bonds is 1. The van der Waals surface area contributed by atoms with Crippen LogP contribution in [0.25, 0.3) is 10.9 Å². The summed E-state index contributed by atoms with van der Waals surface area (Å²) < 4.78 is 4.32. The Morgan fingerprint density at radius 3 is 2.00 bits per heavy atom. The maximum atomic E-state index is 11.0. The van der Waals surface area contributed by atoms with Gasteiger partial charge in [0.25, 0.3) is 5.91 Å². The largest absolute Gasteiger partial charge is 0.419 e. The van der Waals surface area contributed by atoms with Crippen molar-refractivity contribution in [1.82, 2.24) is 4.98 Å². The molecule has 0 bridgehead atoms. The molecule has 0 atom stereocenters. The van der Waals surface area contributed by atoms with E-state index in [9.17, 15) is 14.4 Å². The quantitative estimate of drug-likeness (QED) is 0.575. The number of primary amides is 1. The number of fused-ring (bicyclic) bond motifs is 1. The van der Waals surface area contributed by atoms with Crippen molar-refractivity contribution in [2.75, 3.05) is 5.73 Å². The zero-order valence-electron chi connectivity index (χ0n) is 15.4. The lowest BCUT2D eigenvalue weighted by Crippen LogP contribution is -2.13. The summed E-state index contributed by atoms with van der Waals surface area (Å²) in [5, 5.41) is 0.386. The van der Waals surface area contributed by atoms with Crippen molar-refractivity contribution in [2.24, 2.45) is 5.73 Å². The lowest BCUT2D eigenvalue weighted by atomic mass is 10.2. The van der Waals surface area contributed by atoms with Gasteiger partial charge in [0.1, 0.15) is 0 Å². The van der Waals surface area contributed by atoms with Crippen LogP contribution in [0.15, 0.2) is 62.5 Å². The summed E-state index contributed by atoms with van der Waals surface area (Å²) in [6, 6.07) is 13.4. The van der Waals surface area contributed by atoms with E-state index in [1.165, 1.54) is 0 Å². The Kier molecular flexibility index (Phi) is 10.5.